The van der Waals surface area contributed by atoms with E-state index in [2.05, 4.69) is 37.2 Å². The van der Waals surface area contributed by atoms with Gasteiger partial charge in [-0.15, -0.1) is 0 Å². The van der Waals surface area contributed by atoms with E-state index in [9.17, 15) is 4.79 Å². The zero-order valence-electron chi connectivity index (χ0n) is 11.0. The Morgan fingerprint density at radius 2 is 2.00 bits per heavy atom. The van der Waals surface area contributed by atoms with Gasteiger partial charge in [-0.05, 0) is 69.8 Å². The minimum atomic E-state index is -0.138. The van der Waals surface area contributed by atoms with Gasteiger partial charge < -0.3 is 15.8 Å². The van der Waals surface area contributed by atoms with Crippen LogP contribution in [0, 0.1) is 0 Å². The molecule has 0 spiro atoms. The molecule has 0 aliphatic carbocycles. The number of nitrogens with one attached hydrogen (secondary N) is 1. The lowest BCUT2D eigenvalue weighted by Crippen LogP contribution is -2.28. The number of carbonyl (C=O) groups excluding carboxylic acids is 1. The number of rotatable bonds is 6. The second-order valence-corrected chi connectivity index (χ2v) is 6.02. The molecule has 0 bridgehead atoms. The lowest BCUT2D eigenvalue weighted by atomic mass is 10.1. The van der Waals surface area contributed by atoms with Crippen molar-refractivity contribution in [2.75, 3.05) is 13.2 Å². The van der Waals surface area contributed by atoms with E-state index in [1.54, 1.807) is 0 Å². The number of nitrogens with two attached hydrogens (primary N) is 1. The number of ether oxygens (including phenoxy) is 1. The van der Waals surface area contributed by atoms with Crippen LogP contribution in [0.3, 0.4) is 0 Å². The fourth-order valence-corrected chi connectivity index (χ4v) is 3.14. The van der Waals surface area contributed by atoms with Crippen LogP contribution < -0.4 is 15.8 Å². The minimum absolute atomic E-state index is 0.00230. The molecule has 4 nitrogen and oxygen atoms in total. The van der Waals surface area contributed by atoms with Crippen LogP contribution in [-0.2, 0) is 11.2 Å². The summed E-state index contributed by atoms with van der Waals surface area (Å²) >= 11 is 6.90. The van der Waals surface area contributed by atoms with Crippen molar-refractivity contribution in [3.05, 3.63) is 26.6 Å². The summed E-state index contributed by atoms with van der Waals surface area (Å²) in [5.74, 6) is 0.487. The number of amides is 1. The maximum Gasteiger partial charge on any atom is 0.257 e. The van der Waals surface area contributed by atoms with Gasteiger partial charge in [0, 0.05) is 12.6 Å². The number of hydrogen-bond donors (Lipinski definition) is 2. The molecule has 0 heterocycles. The van der Waals surface area contributed by atoms with Crippen molar-refractivity contribution < 1.29 is 9.53 Å². The normalized spacial score (nSPS) is 12.1. The van der Waals surface area contributed by atoms with Gasteiger partial charge in [0.05, 0.1) is 8.95 Å². The summed E-state index contributed by atoms with van der Waals surface area (Å²) in [6.07, 6.45) is 0.786. The molecule has 19 heavy (non-hydrogen) atoms. The molecule has 0 radical (unpaired) electrons. The molecule has 0 aliphatic heterocycles. The maximum atomic E-state index is 11.4. The molecule has 6 heteroatoms. The van der Waals surface area contributed by atoms with E-state index in [0.29, 0.717) is 12.3 Å². The summed E-state index contributed by atoms with van der Waals surface area (Å²) in [4.78, 5) is 11.4. The minimum Gasteiger partial charge on any atom is -0.481 e. The highest BCUT2D eigenvalue weighted by Gasteiger charge is 2.11. The van der Waals surface area contributed by atoms with Crippen molar-refractivity contribution in [1.82, 2.24) is 5.32 Å². The predicted octanol–water partition coefficient (Wildman–Crippen LogP) is 2.62. The standard InChI is InChI=1S/C13H18Br2N2O2/c1-3-17-12(18)7-19-13-10(14)5-9(4-8(2)16)6-11(13)15/h5-6,8H,3-4,7,16H2,1-2H3,(H,17,18). The van der Waals surface area contributed by atoms with Gasteiger partial charge in [0.2, 0.25) is 0 Å². The molecular weight excluding hydrogens is 376 g/mol. The molecule has 1 aromatic rings. The van der Waals surface area contributed by atoms with Crippen molar-refractivity contribution in [2.45, 2.75) is 26.3 Å². The second-order valence-electron chi connectivity index (χ2n) is 4.31. The van der Waals surface area contributed by atoms with Crippen molar-refractivity contribution >= 4 is 37.8 Å². The Kier molecular flexibility index (Phi) is 6.82. The highest BCUT2D eigenvalue weighted by Crippen LogP contribution is 2.35. The SMILES string of the molecule is CCNC(=O)COc1c(Br)cc(CC(C)N)cc1Br. The van der Waals surface area contributed by atoms with Crippen LogP contribution in [0.4, 0.5) is 0 Å². The van der Waals surface area contributed by atoms with E-state index < -0.39 is 0 Å². The summed E-state index contributed by atoms with van der Waals surface area (Å²) in [5.41, 5.74) is 6.89. The van der Waals surface area contributed by atoms with Crippen molar-refractivity contribution in [3.63, 3.8) is 0 Å². The molecule has 1 rings (SSSR count). The molecule has 0 aliphatic rings. The largest absolute Gasteiger partial charge is 0.481 e. The first kappa shape index (κ1) is 16.5. The fourth-order valence-electron chi connectivity index (χ4n) is 1.63. The number of carbonyl (C=O) groups is 1. The molecule has 0 aromatic heterocycles. The average Bonchev–Trinajstić information content (AvgIpc) is 2.27. The van der Waals surface area contributed by atoms with Crippen LogP contribution in [0.2, 0.25) is 0 Å². The topological polar surface area (TPSA) is 64.3 Å². The van der Waals surface area contributed by atoms with Gasteiger partial charge in [-0.2, -0.15) is 0 Å². The van der Waals surface area contributed by atoms with Gasteiger partial charge in [-0.25, -0.2) is 0 Å². The first-order chi connectivity index (χ1) is 8.93. The molecule has 1 atom stereocenters. The highest BCUT2D eigenvalue weighted by atomic mass is 79.9. The number of hydrogen-bond acceptors (Lipinski definition) is 3. The van der Waals surface area contributed by atoms with Crippen molar-refractivity contribution in [1.29, 1.82) is 0 Å². The van der Waals surface area contributed by atoms with E-state index in [1.807, 2.05) is 26.0 Å². The molecule has 0 fully saturated rings. The third-order valence-electron chi connectivity index (χ3n) is 2.34. The summed E-state index contributed by atoms with van der Waals surface area (Å²) in [7, 11) is 0. The van der Waals surface area contributed by atoms with E-state index >= 15 is 0 Å². The van der Waals surface area contributed by atoms with Gasteiger partial charge >= 0.3 is 0 Å². The van der Waals surface area contributed by atoms with E-state index in [1.165, 1.54) is 0 Å². The Labute approximate surface area is 130 Å². The van der Waals surface area contributed by atoms with Crippen molar-refractivity contribution in [2.24, 2.45) is 5.73 Å². The van der Waals surface area contributed by atoms with E-state index in [4.69, 9.17) is 10.5 Å². The van der Waals surface area contributed by atoms with Crippen LogP contribution >= 0.6 is 31.9 Å². The Balaban J connectivity index is 2.76. The molecule has 1 aromatic carbocycles. The fraction of sp³-hybridized carbons (Fsp3) is 0.462. The quantitative estimate of drug-likeness (QED) is 0.780. The lowest BCUT2D eigenvalue weighted by molar-refractivity contribution is -0.123. The molecule has 0 saturated heterocycles. The third-order valence-corrected chi connectivity index (χ3v) is 3.52. The van der Waals surface area contributed by atoms with Crippen LogP contribution in [0.5, 0.6) is 5.75 Å². The Hall–Kier alpha value is -0.590. The van der Waals surface area contributed by atoms with E-state index in [0.717, 1.165) is 20.9 Å². The van der Waals surface area contributed by atoms with E-state index in [-0.39, 0.29) is 18.6 Å². The van der Waals surface area contributed by atoms with Crippen LogP contribution in [0.1, 0.15) is 19.4 Å². The predicted molar refractivity (Wildman–Crippen MR) is 83.4 cm³/mol. The second kappa shape index (κ2) is 7.87. The molecule has 0 saturated carbocycles. The van der Waals surface area contributed by atoms with Crippen molar-refractivity contribution in [3.8, 4) is 5.75 Å². The molecule has 1 amide bonds. The first-order valence-electron chi connectivity index (χ1n) is 6.07. The zero-order chi connectivity index (χ0) is 14.4. The summed E-state index contributed by atoms with van der Waals surface area (Å²) in [6.45, 7) is 4.42. The smallest absolute Gasteiger partial charge is 0.257 e. The lowest BCUT2D eigenvalue weighted by Gasteiger charge is -2.13. The number of benzene rings is 1. The Morgan fingerprint density at radius 3 is 2.47 bits per heavy atom. The van der Waals surface area contributed by atoms with Gasteiger partial charge in [0.15, 0.2) is 6.61 Å². The molecular formula is C13H18Br2N2O2. The summed E-state index contributed by atoms with van der Waals surface area (Å²) in [6, 6.07) is 4.02. The summed E-state index contributed by atoms with van der Waals surface area (Å²) < 4.78 is 7.12. The van der Waals surface area contributed by atoms with Gasteiger partial charge in [0.1, 0.15) is 5.75 Å². The van der Waals surface area contributed by atoms with Gasteiger partial charge in [-0.3, -0.25) is 4.79 Å². The van der Waals surface area contributed by atoms with Crippen LogP contribution in [-0.4, -0.2) is 25.1 Å². The molecule has 3 N–H and O–H groups in total. The van der Waals surface area contributed by atoms with Gasteiger partial charge in [-0.1, -0.05) is 0 Å². The Morgan fingerprint density at radius 1 is 1.42 bits per heavy atom. The van der Waals surface area contributed by atoms with Crippen LogP contribution in [0.25, 0.3) is 0 Å². The van der Waals surface area contributed by atoms with Gasteiger partial charge in [0.25, 0.3) is 5.91 Å². The third kappa shape index (κ3) is 5.50. The highest BCUT2D eigenvalue weighted by molar-refractivity contribution is 9.11. The van der Waals surface area contributed by atoms with Crippen LogP contribution in [0.15, 0.2) is 21.1 Å². The monoisotopic (exact) mass is 392 g/mol. The molecule has 1 unspecified atom stereocenters. The average molecular weight is 394 g/mol. The Bertz CT molecular complexity index is 427. The first-order valence-corrected chi connectivity index (χ1v) is 7.65. The number of halogens is 2. The number of likely N-dealkylation sites (N-methyl/N-ethyl adjacent to an activating group) is 1. The summed E-state index contributed by atoms with van der Waals surface area (Å²) in [5, 5.41) is 2.68. The molecule has 106 valence electrons. The zero-order valence-corrected chi connectivity index (χ0v) is 14.2. The maximum absolute atomic E-state index is 11.4.